The van der Waals surface area contributed by atoms with Crippen molar-refractivity contribution in [3.63, 3.8) is 0 Å². The van der Waals surface area contributed by atoms with Crippen LogP contribution in [0.5, 0.6) is 11.5 Å². The fraction of sp³-hybridized carbons (Fsp3) is 0.444. The molecule has 1 saturated heterocycles. The van der Waals surface area contributed by atoms with Crippen molar-refractivity contribution in [2.45, 2.75) is 18.9 Å². The average molecular weight is 343 g/mol. The highest BCUT2D eigenvalue weighted by Crippen LogP contribution is 2.37. The van der Waals surface area contributed by atoms with Gasteiger partial charge in [-0.2, -0.15) is 0 Å². The number of hydrogen-bond acceptors (Lipinski definition) is 5. The van der Waals surface area contributed by atoms with Gasteiger partial charge < -0.3 is 24.0 Å². The molecule has 2 aliphatic rings. The van der Waals surface area contributed by atoms with E-state index in [-0.39, 0.29) is 18.6 Å². The first-order valence-corrected chi connectivity index (χ1v) is 8.48. The fourth-order valence-corrected chi connectivity index (χ4v) is 3.56. The largest absolute Gasteiger partial charge is 0.454 e. The van der Waals surface area contributed by atoms with Gasteiger partial charge in [0.2, 0.25) is 6.79 Å². The van der Waals surface area contributed by atoms with Crippen LogP contribution in [0.3, 0.4) is 0 Å². The van der Waals surface area contributed by atoms with Crippen LogP contribution in [-0.4, -0.2) is 45.3 Å². The van der Waals surface area contributed by atoms with E-state index in [0.29, 0.717) is 36.0 Å². The molecule has 1 atom stereocenters. The van der Waals surface area contributed by atoms with Crippen LogP contribution in [0.1, 0.15) is 35.1 Å². The van der Waals surface area contributed by atoms with Gasteiger partial charge in [-0.25, -0.2) is 4.98 Å². The lowest BCUT2D eigenvalue weighted by Crippen LogP contribution is -2.40. The number of hydrogen-bond donors (Lipinski definition) is 1. The lowest BCUT2D eigenvalue weighted by molar-refractivity contribution is 0.0418. The first-order chi connectivity index (χ1) is 12.1. The van der Waals surface area contributed by atoms with Crippen LogP contribution < -0.4 is 9.47 Å². The molecule has 132 valence electrons. The lowest BCUT2D eigenvalue weighted by atomic mass is 9.90. The van der Waals surface area contributed by atoms with Gasteiger partial charge in [0, 0.05) is 32.5 Å². The molecule has 4 rings (SSSR count). The molecule has 2 aliphatic heterocycles. The second-order valence-electron chi connectivity index (χ2n) is 6.51. The maximum atomic E-state index is 12.8. The number of ether oxygens (including phenoxy) is 2. The minimum Gasteiger partial charge on any atom is -0.454 e. The third kappa shape index (κ3) is 2.84. The van der Waals surface area contributed by atoms with Gasteiger partial charge in [-0.1, -0.05) is 6.07 Å². The molecule has 1 N–H and O–H groups in total. The topological polar surface area (TPSA) is 76.8 Å². The number of piperidine rings is 1. The van der Waals surface area contributed by atoms with Crippen LogP contribution in [0, 0.1) is 5.92 Å². The number of aromatic nitrogens is 2. The molecule has 1 aromatic heterocycles. The zero-order chi connectivity index (χ0) is 17.4. The number of nitrogens with zero attached hydrogens (tertiary/aromatic N) is 3. The van der Waals surface area contributed by atoms with Crippen molar-refractivity contribution < 1.29 is 19.4 Å². The highest BCUT2D eigenvalue weighted by Gasteiger charge is 2.32. The zero-order valence-electron chi connectivity index (χ0n) is 14.1. The summed E-state index contributed by atoms with van der Waals surface area (Å²) in [4.78, 5) is 18.9. The van der Waals surface area contributed by atoms with Crippen LogP contribution >= 0.6 is 0 Å². The van der Waals surface area contributed by atoms with E-state index in [9.17, 15) is 9.90 Å². The van der Waals surface area contributed by atoms with Crippen LogP contribution in [0.2, 0.25) is 0 Å². The van der Waals surface area contributed by atoms with E-state index >= 15 is 0 Å². The van der Waals surface area contributed by atoms with Crippen LogP contribution in [0.4, 0.5) is 0 Å². The maximum absolute atomic E-state index is 12.8. The van der Waals surface area contributed by atoms with Crippen molar-refractivity contribution in [3.05, 3.63) is 42.0 Å². The van der Waals surface area contributed by atoms with Crippen LogP contribution in [0.15, 0.2) is 30.6 Å². The van der Waals surface area contributed by atoms with E-state index in [1.165, 1.54) is 0 Å². The van der Waals surface area contributed by atoms with E-state index in [1.54, 1.807) is 24.4 Å². The number of para-hydroxylation sites is 1. The molecule has 0 bridgehead atoms. The average Bonchev–Trinajstić information content (AvgIpc) is 3.29. The number of imidazole rings is 1. The smallest absolute Gasteiger partial charge is 0.257 e. The molecule has 0 radical (unpaired) electrons. The molecule has 1 amide bonds. The molecule has 0 spiro atoms. The Morgan fingerprint density at radius 2 is 2.12 bits per heavy atom. The van der Waals surface area contributed by atoms with Crippen molar-refractivity contribution in [2.75, 3.05) is 19.9 Å². The van der Waals surface area contributed by atoms with E-state index in [4.69, 9.17) is 9.47 Å². The minimum absolute atomic E-state index is 0.0488. The summed E-state index contributed by atoms with van der Waals surface area (Å²) in [7, 11) is 1.88. The van der Waals surface area contributed by atoms with Gasteiger partial charge in [0.25, 0.3) is 5.91 Å². The Labute approximate surface area is 145 Å². The summed E-state index contributed by atoms with van der Waals surface area (Å²) >= 11 is 0. The van der Waals surface area contributed by atoms with Gasteiger partial charge in [0.1, 0.15) is 11.9 Å². The van der Waals surface area contributed by atoms with Gasteiger partial charge in [-0.3, -0.25) is 4.79 Å². The summed E-state index contributed by atoms with van der Waals surface area (Å²) in [5, 5.41) is 10.6. The SMILES string of the molecule is Cn1ccnc1C(O)C1CCN(C(=O)c2cccc3c2OCO3)CC1. The standard InChI is InChI=1S/C18H21N3O4/c1-20-10-7-19-17(20)15(22)12-5-8-21(9-6-12)18(23)13-3-2-4-14-16(13)25-11-24-14/h2-4,7,10,12,15,22H,5-6,8-9,11H2,1H3. The highest BCUT2D eigenvalue weighted by molar-refractivity contribution is 5.98. The van der Waals surface area contributed by atoms with Crippen molar-refractivity contribution in [3.8, 4) is 11.5 Å². The molecule has 1 aromatic carbocycles. The van der Waals surface area contributed by atoms with Gasteiger partial charge >= 0.3 is 0 Å². The predicted molar refractivity (Wildman–Crippen MR) is 89.4 cm³/mol. The van der Waals surface area contributed by atoms with E-state index in [2.05, 4.69) is 4.98 Å². The number of aryl methyl sites for hydroxylation is 1. The number of aliphatic hydroxyl groups is 1. The quantitative estimate of drug-likeness (QED) is 0.918. The summed E-state index contributed by atoms with van der Waals surface area (Å²) in [5.41, 5.74) is 0.540. The molecule has 7 heteroatoms. The van der Waals surface area contributed by atoms with Crippen molar-refractivity contribution in [1.82, 2.24) is 14.5 Å². The third-order valence-corrected chi connectivity index (χ3v) is 5.02. The molecule has 0 aliphatic carbocycles. The fourth-order valence-electron chi connectivity index (χ4n) is 3.56. The van der Waals surface area contributed by atoms with E-state index in [1.807, 2.05) is 22.7 Å². The molecule has 1 unspecified atom stereocenters. The molecular formula is C18H21N3O4. The Balaban J connectivity index is 1.43. The van der Waals surface area contributed by atoms with Crippen LogP contribution in [0.25, 0.3) is 0 Å². The van der Waals surface area contributed by atoms with Gasteiger partial charge in [-0.05, 0) is 30.9 Å². The summed E-state index contributed by atoms with van der Waals surface area (Å²) in [6, 6.07) is 5.37. The van der Waals surface area contributed by atoms with Crippen molar-refractivity contribution in [1.29, 1.82) is 0 Å². The minimum atomic E-state index is -0.602. The Morgan fingerprint density at radius 3 is 2.84 bits per heavy atom. The molecule has 2 aromatic rings. The number of likely N-dealkylation sites (tertiary alicyclic amines) is 1. The number of aliphatic hydroxyl groups excluding tert-OH is 1. The number of fused-ring (bicyclic) bond motifs is 1. The summed E-state index contributed by atoms with van der Waals surface area (Å²) in [5.74, 6) is 1.88. The van der Waals surface area contributed by atoms with E-state index in [0.717, 1.165) is 12.8 Å². The predicted octanol–water partition coefficient (Wildman–Crippen LogP) is 1.73. The highest BCUT2D eigenvalue weighted by atomic mass is 16.7. The molecule has 0 saturated carbocycles. The molecule has 7 nitrogen and oxygen atoms in total. The summed E-state index contributed by atoms with van der Waals surface area (Å²) in [6.45, 7) is 1.36. The number of amides is 1. The maximum Gasteiger partial charge on any atom is 0.257 e. The Hall–Kier alpha value is -2.54. The first kappa shape index (κ1) is 16.0. The zero-order valence-corrected chi connectivity index (χ0v) is 14.1. The molecule has 25 heavy (non-hydrogen) atoms. The Kier molecular flexibility index (Phi) is 4.09. The van der Waals surface area contributed by atoms with E-state index < -0.39 is 6.10 Å². The Morgan fingerprint density at radius 1 is 1.32 bits per heavy atom. The number of carbonyl (C=O) groups is 1. The second kappa shape index (κ2) is 6.40. The summed E-state index contributed by atoms with van der Waals surface area (Å²) < 4.78 is 12.6. The lowest BCUT2D eigenvalue weighted by Gasteiger charge is -2.34. The molecule has 1 fully saturated rings. The monoisotopic (exact) mass is 343 g/mol. The molecule has 3 heterocycles. The third-order valence-electron chi connectivity index (χ3n) is 5.02. The van der Waals surface area contributed by atoms with Crippen LogP contribution in [-0.2, 0) is 7.05 Å². The normalized spacial score (nSPS) is 18.4. The van der Waals surface area contributed by atoms with Gasteiger partial charge in [-0.15, -0.1) is 0 Å². The van der Waals surface area contributed by atoms with Crippen molar-refractivity contribution >= 4 is 5.91 Å². The van der Waals surface area contributed by atoms with Crippen molar-refractivity contribution in [2.24, 2.45) is 13.0 Å². The number of carbonyl (C=O) groups excluding carboxylic acids is 1. The number of benzene rings is 1. The second-order valence-corrected chi connectivity index (χ2v) is 6.51. The Bertz CT molecular complexity index is 780. The van der Waals surface area contributed by atoms with Gasteiger partial charge in [0.15, 0.2) is 11.5 Å². The summed E-state index contributed by atoms with van der Waals surface area (Å²) in [6.07, 6.45) is 4.40. The van der Waals surface area contributed by atoms with Gasteiger partial charge in [0.05, 0.1) is 5.56 Å². The number of rotatable bonds is 3. The molecular weight excluding hydrogens is 322 g/mol. The first-order valence-electron chi connectivity index (χ1n) is 8.48.